The molecule has 0 aliphatic rings. The minimum atomic E-state index is -0.0358. The summed E-state index contributed by atoms with van der Waals surface area (Å²) in [6.45, 7) is 5.20. The Morgan fingerprint density at radius 3 is 3.00 bits per heavy atom. The summed E-state index contributed by atoms with van der Waals surface area (Å²) in [5.41, 5.74) is -0.0358. The van der Waals surface area contributed by atoms with Crippen LogP contribution >= 0.6 is 33.9 Å². The second kappa shape index (κ2) is 6.42. The molecule has 102 valence electrons. The summed E-state index contributed by atoms with van der Waals surface area (Å²) >= 11 is 3.46. The average molecular weight is 391 g/mol. The predicted octanol–water partition coefficient (Wildman–Crippen LogP) is 1.88. The van der Waals surface area contributed by atoms with E-state index in [2.05, 4.69) is 27.4 Å². The number of aryl methyl sites for hydroxylation is 1. The van der Waals surface area contributed by atoms with Gasteiger partial charge in [-0.05, 0) is 35.9 Å². The van der Waals surface area contributed by atoms with E-state index in [1.165, 1.54) is 11.3 Å². The van der Waals surface area contributed by atoms with Crippen LogP contribution < -0.4 is 10.9 Å². The average Bonchev–Trinajstić information content (AvgIpc) is 2.84. The first-order valence-corrected chi connectivity index (χ1v) is 7.79. The highest BCUT2D eigenvalue weighted by molar-refractivity contribution is 14.1. The smallest absolute Gasteiger partial charge is 0.267 e. The predicted molar refractivity (Wildman–Crippen MR) is 83.7 cm³/mol. The Kier molecular flexibility index (Phi) is 4.86. The van der Waals surface area contributed by atoms with E-state index in [4.69, 9.17) is 0 Å². The van der Waals surface area contributed by atoms with Crippen LogP contribution in [0.15, 0.2) is 11.0 Å². The Balaban J connectivity index is 2.20. The fourth-order valence-electron chi connectivity index (χ4n) is 1.49. The maximum Gasteiger partial charge on any atom is 0.267 e. The summed E-state index contributed by atoms with van der Waals surface area (Å²) in [6.07, 6.45) is 2.62. The van der Waals surface area contributed by atoms with Gasteiger partial charge in [0.2, 0.25) is 5.13 Å². The molecule has 0 spiro atoms. The van der Waals surface area contributed by atoms with Gasteiger partial charge in [0.05, 0.1) is 10.1 Å². The molecule has 2 heterocycles. The molecule has 0 aromatic carbocycles. The number of aromatic nitrogens is 4. The summed E-state index contributed by atoms with van der Waals surface area (Å²) < 4.78 is 2.23. The maximum absolute atomic E-state index is 12.0. The van der Waals surface area contributed by atoms with E-state index in [1.807, 2.05) is 29.5 Å². The molecule has 2 aromatic rings. The van der Waals surface area contributed by atoms with Crippen molar-refractivity contribution in [3.8, 4) is 0 Å². The number of rotatable bonds is 5. The first-order valence-electron chi connectivity index (χ1n) is 5.90. The van der Waals surface area contributed by atoms with Gasteiger partial charge in [0, 0.05) is 12.7 Å². The summed E-state index contributed by atoms with van der Waals surface area (Å²) in [5.74, 6) is 0.684. The van der Waals surface area contributed by atoms with Gasteiger partial charge in [0.1, 0.15) is 10.8 Å². The topological polar surface area (TPSA) is 72.7 Å². The molecule has 0 fully saturated rings. The third-order valence-corrected chi connectivity index (χ3v) is 4.10. The number of hydrogen-bond acceptors (Lipinski definition) is 6. The van der Waals surface area contributed by atoms with Gasteiger partial charge in [-0.1, -0.05) is 18.3 Å². The van der Waals surface area contributed by atoms with Crippen molar-refractivity contribution in [2.75, 3.05) is 11.9 Å². The molecule has 0 aliphatic heterocycles. The normalized spacial score (nSPS) is 10.7. The van der Waals surface area contributed by atoms with Crippen molar-refractivity contribution in [2.45, 2.75) is 26.8 Å². The van der Waals surface area contributed by atoms with Crippen LogP contribution in [0.4, 0.5) is 5.13 Å². The fraction of sp³-hybridized carbons (Fsp3) is 0.455. The highest BCUT2D eigenvalue weighted by Crippen LogP contribution is 2.16. The largest absolute Gasteiger partial charge is 0.360 e. The molecule has 0 radical (unpaired) electrons. The summed E-state index contributed by atoms with van der Waals surface area (Å²) in [4.78, 5) is 16.2. The molecule has 19 heavy (non-hydrogen) atoms. The van der Waals surface area contributed by atoms with Crippen LogP contribution in [-0.4, -0.2) is 26.3 Å². The lowest BCUT2D eigenvalue weighted by molar-refractivity contribution is 0.685. The second-order valence-corrected chi connectivity index (χ2v) is 6.20. The number of hydrogen-bond donors (Lipinski definition) is 1. The van der Waals surface area contributed by atoms with Crippen LogP contribution in [0.5, 0.6) is 0 Å². The molecule has 0 aliphatic carbocycles. The molecule has 0 saturated heterocycles. The van der Waals surface area contributed by atoms with Gasteiger partial charge in [0.15, 0.2) is 0 Å². The lowest BCUT2D eigenvalue weighted by Crippen LogP contribution is -2.26. The Labute approximate surface area is 128 Å². The van der Waals surface area contributed by atoms with Gasteiger partial charge in [-0.3, -0.25) is 9.36 Å². The van der Waals surface area contributed by atoms with Crippen LogP contribution in [0.2, 0.25) is 0 Å². The van der Waals surface area contributed by atoms with Crippen molar-refractivity contribution in [1.82, 2.24) is 19.7 Å². The summed E-state index contributed by atoms with van der Waals surface area (Å²) in [6, 6.07) is 0. The van der Waals surface area contributed by atoms with Gasteiger partial charge in [-0.15, -0.1) is 10.2 Å². The Morgan fingerprint density at radius 1 is 1.47 bits per heavy atom. The molecule has 0 bridgehead atoms. The number of nitrogens with zero attached hydrogens (tertiary/aromatic N) is 4. The lowest BCUT2D eigenvalue weighted by Gasteiger charge is -2.06. The SMILES string of the molecule is CCCNc1nnc(Cn2c(C)ncc(I)c2=O)s1. The molecular formula is C11H14IN5OS. The van der Waals surface area contributed by atoms with Crippen LogP contribution in [0.3, 0.4) is 0 Å². The van der Waals surface area contributed by atoms with E-state index in [9.17, 15) is 4.79 Å². The zero-order valence-electron chi connectivity index (χ0n) is 10.7. The molecule has 0 saturated carbocycles. The minimum Gasteiger partial charge on any atom is -0.360 e. The number of halogens is 1. The molecule has 2 rings (SSSR count). The Bertz CT molecular complexity index is 624. The monoisotopic (exact) mass is 391 g/mol. The van der Waals surface area contributed by atoms with E-state index in [0.717, 1.165) is 23.1 Å². The van der Waals surface area contributed by atoms with Crippen molar-refractivity contribution in [1.29, 1.82) is 0 Å². The molecule has 0 unspecified atom stereocenters. The van der Waals surface area contributed by atoms with Crippen LogP contribution in [-0.2, 0) is 6.54 Å². The van der Waals surface area contributed by atoms with E-state index < -0.39 is 0 Å². The first-order chi connectivity index (χ1) is 9.11. The first kappa shape index (κ1) is 14.4. The molecule has 0 atom stereocenters. The lowest BCUT2D eigenvalue weighted by atomic mass is 10.5. The third-order valence-electron chi connectivity index (χ3n) is 2.49. The van der Waals surface area contributed by atoms with Crippen LogP contribution in [0.1, 0.15) is 24.2 Å². The molecule has 0 amide bonds. The zero-order valence-corrected chi connectivity index (χ0v) is 13.7. The van der Waals surface area contributed by atoms with Gasteiger partial charge in [-0.2, -0.15) is 0 Å². The zero-order chi connectivity index (χ0) is 13.8. The quantitative estimate of drug-likeness (QED) is 0.789. The molecule has 2 aromatic heterocycles. The Morgan fingerprint density at radius 2 is 2.26 bits per heavy atom. The maximum atomic E-state index is 12.0. The van der Waals surface area contributed by atoms with Gasteiger partial charge < -0.3 is 5.32 Å². The highest BCUT2D eigenvalue weighted by atomic mass is 127. The molecular weight excluding hydrogens is 377 g/mol. The van der Waals surface area contributed by atoms with E-state index >= 15 is 0 Å². The minimum absolute atomic E-state index is 0.0358. The van der Waals surface area contributed by atoms with Crippen molar-refractivity contribution in [3.05, 3.63) is 31.0 Å². The number of anilines is 1. The van der Waals surface area contributed by atoms with Crippen LogP contribution in [0.25, 0.3) is 0 Å². The second-order valence-electron chi connectivity index (χ2n) is 3.97. The molecule has 6 nitrogen and oxygen atoms in total. The standard InChI is InChI=1S/C11H14IN5OS/c1-3-4-13-11-16-15-9(19-11)6-17-7(2)14-5-8(12)10(17)18/h5H,3-4,6H2,1-2H3,(H,13,16). The van der Waals surface area contributed by atoms with Gasteiger partial charge >= 0.3 is 0 Å². The van der Waals surface area contributed by atoms with E-state index in [-0.39, 0.29) is 5.56 Å². The number of nitrogens with one attached hydrogen (secondary N) is 1. The summed E-state index contributed by atoms with van der Waals surface area (Å²) in [5, 5.41) is 12.9. The molecule has 1 N–H and O–H groups in total. The van der Waals surface area contributed by atoms with Crippen molar-refractivity contribution in [2.24, 2.45) is 0 Å². The highest BCUT2D eigenvalue weighted by Gasteiger charge is 2.09. The van der Waals surface area contributed by atoms with Gasteiger partial charge in [0.25, 0.3) is 5.56 Å². The van der Waals surface area contributed by atoms with E-state index in [0.29, 0.717) is 15.9 Å². The third kappa shape index (κ3) is 3.50. The van der Waals surface area contributed by atoms with Crippen molar-refractivity contribution >= 4 is 39.1 Å². The van der Waals surface area contributed by atoms with Crippen molar-refractivity contribution in [3.63, 3.8) is 0 Å². The molecule has 8 heteroatoms. The summed E-state index contributed by atoms with van der Waals surface area (Å²) in [7, 11) is 0. The van der Waals surface area contributed by atoms with Gasteiger partial charge in [-0.25, -0.2) is 4.98 Å². The Hall–Kier alpha value is -1.03. The fourth-order valence-corrected chi connectivity index (χ4v) is 2.68. The van der Waals surface area contributed by atoms with Crippen molar-refractivity contribution < 1.29 is 0 Å². The van der Waals surface area contributed by atoms with E-state index in [1.54, 1.807) is 10.8 Å². The van der Waals surface area contributed by atoms with Crippen LogP contribution in [0, 0.1) is 10.5 Å².